The topological polar surface area (TPSA) is 77.1 Å². The Hall–Kier alpha value is -3.39. The van der Waals surface area contributed by atoms with Gasteiger partial charge >= 0.3 is 0 Å². The van der Waals surface area contributed by atoms with Crippen molar-refractivity contribution in [1.82, 2.24) is 24.6 Å². The molecule has 3 aromatic heterocycles. The summed E-state index contributed by atoms with van der Waals surface area (Å²) in [6.45, 7) is 0.953. The number of rotatable bonds is 9. The van der Waals surface area contributed by atoms with Gasteiger partial charge in [0.2, 0.25) is 5.91 Å². The van der Waals surface area contributed by atoms with E-state index in [1.165, 1.54) is 11.8 Å². The normalized spacial score (nSPS) is 13.2. The lowest BCUT2D eigenvalue weighted by Crippen LogP contribution is -2.31. The molecule has 0 aliphatic heterocycles. The van der Waals surface area contributed by atoms with Crippen LogP contribution in [-0.2, 0) is 17.9 Å². The zero-order valence-electron chi connectivity index (χ0n) is 17.5. The first-order valence-corrected chi connectivity index (χ1v) is 11.6. The number of hydrogen-bond acceptors (Lipinski definition) is 6. The predicted octanol–water partition coefficient (Wildman–Crippen LogP) is 4.59. The highest BCUT2D eigenvalue weighted by molar-refractivity contribution is 7.99. The Kier molecular flexibility index (Phi) is 6.02. The molecule has 5 rings (SSSR count). The molecule has 7 nitrogen and oxygen atoms in total. The molecule has 1 saturated carbocycles. The fourth-order valence-electron chi connectivity index (χ4n) is 3.57. The van der Waals surface area contributed by atoms with Crippen molar-refractivity contribution in [1.29, 1.82) is 0 Å². The van der Waals surface area contributed by atoms with E-state index >= 15 is 0 Å². The maximum absolute atomic E-state index is 13.2. The minimum Gasteiger partial charge on any atom is -0.467 e. The Morgan fingerprint density at radius 2 is 1.94 bits per heavy atom. The number of hydrogen-bond donors (Lipinski definition) is 0. The van der Waals surface area contributed by atoms with Crippen molar-refractivity contribution in [3.63, 3.8) is 0 Å². The third-order valence-electron chi connectivity index (χ3n) is 5.32. The number of pyridine rings is 1. The summed E-state index contributed by atoms with van der Waals surface area (Å²) in [4.78, 5) is 19.2. The third-order valence-corrected chi connectivity index (χ3v) is 6.24. The Labute approximate surface area is 190 Å². The van der Waals surface area contributed by atoms with Crippen LogP contribution in [0.1, 0.15) is 30.2 Å². The van der Waals surface area contributed by atoms with E-state index in [4.69, 9.17) is 4.42 Å². The number of benzene rings is 1. The highest BCUT2D eigenvalue weighted by Gasteiger charge is 2.30. The van der Waals surface area contributed by atoms with Gasteiger partial charge < -0.3 is 9.32 Å². The fraction of sp³-hybridized carbons (Fsp3) is 0.250. The van der Waals surface area contributed by atoms with Gasteiger partial charge in [-0.15, -0.1) is 10.2 Å². The Morgan fingerprint density at radius 1 is 1.06 bits per heavy atom. The van der Waals surface area contributed by atoms with Crippen LogP contribution in [0.3, 0.4) is 0 Å². The number of nitrogens with zero attached hydrogens (tertiary/aromatic N) is 5. The molecular formula is C24H23N5O2S. The molecule has 3 heterocycles. The lowest BCUT2D eigenvalue weighted by atomic mass is 10.2. The van der Waals surface area contributed by atoms with E-state index in [2.05, 4.69) is 19.7 Å². The molecule has 0 saturated heterocycles. The van der Waals surface area contributed by atoms with Crippen LogP contribution < -0.4 is 0 Å². The molecule has 0 radical (unpaired) electrons. The Morgan fingerprint density at radius 3 is 2.66 bits per heavy atom. The molecule has 0 N–H and O–H groups in total. The second kappa shape index (κ2) is 9.40. The molecule has 32 heavy (non-hydrogen) atoms. The van der Waals surface area contributed by atoms with Crippen molar-refractivity contribution in [3.05, 3.63) is 84.6 Å². The minimum atomic E-state index is 0.0310. The summed E-state index contributed by atoms with van der Waals surface area (Å²) >= 11 is 1.44. The molecule has 1 amide bonds. The predicted molar refractivity (Wildman–Crippen MR) is 122 cm³/mol. The summed E-state index contributed by atoms with van der Waals surface area (Å²) in [5.41, 5.74) is 2.02. The van der Waals surface area contributed by atoms with E-state index in [0.29, 0.717) is 19.1 Å². The molecule has 8 heteroatoms. The standard InChI is InChI=1S/C24H23N5O2S/c30-22(28(16-21-9-5-13-31-21)15-18-6-2-1-3-7-18)17-32-24-27-26-23(29(24)20-10-11-20)19-8-4-12-25-14-19/h1-9,12-14,20H,10-11,15-17H2. The van der Waals surface area contributed by atoms with Gasteiger partial charge in [-0.3, -0.25) is 14.3 Å². The summed E-state index contributed by atoms with van der Waals surface area (Å²) in [6, 6.07) is 18.0. The van der Waals surface area contributed by atoms with Gasteiger partial charge in [0.05, 0.1) is 18.6 Å². The van der Waals surface area contributed by atoms with Crippen molar-refractivity contribution >= 4 is 17.7 Å². The largest absolute Gasteiger partial charge is 0.467 e. The number of carbonyl (C=O) groups excluding carboxylic acids is 1. The molecule has 162 valence electrons. The quantitative estimate of drug-likeness (QED) is 0.351. The lowest BCUT2D eigenvalue weighted by molar-refractivity contribution is -0.129. The second-order valence-corrected chi connectivity index (χ2v) is 8.69. The van der Waals surface area contributed by atoms with Crippen LogP contribution in [0, 0.1) is 0 Å². The third kappa shape index (κ3) is 4.75. The second-order valence-electron chi connectivity index (χ2n) is 7.75. The maximum Gasteiger partial charge on any atom is 0.233 e. The van der Waals surface area contributed by atoms with E-state index in [1.807, 2.05) is 59.5 Å². The van der Waals surface area contributed by atoms with Gasteiger partial charge in [0.1, 0.15) is 5.76 Å². The van der Waals surface area contributed by atoms with Gasteiger partial charge in [0.15, 0.2) is 11.0 Å². The van der Waals surface area contributed by atoms with Gasteiger partial charge in [-0.25, -0.2) is 0 Å². The first kappa shape index (κ1) is 20.5. The van der Waals surface area contributed by atoms with Crippen molar-refractivity contribution in [2.24, 2.45) is 0 Å². The Balaban J connectivity index is 1.32. The molecule has 4 aromatic rings. The number of carbonyl (C=O) groups is 1. The first-order valence-electron chi connectivity index (χ1n) is 10.6. The van der Waals surface area contributed by atoms with E-state index < -0.39 is 0 Å². The molecule has 1 aliphatic carbocycles. The van der Waals surface area contributed by atoms with Crippen LogP contribution in [0.15, 0.2) is 82.8 Å². The van der Waals surface area contributed by atoms with Gasteiger partial charge in [-0.2, -0.15) is 0 Å². The van der Waals surface area contributed by atoms with Crippen LogP contribution >= 0.6 is 11.8 Å². The monoisotopic (exact) mass is 445 g/mol. The highest BCUT2D eigenvalue weighted by Crippen LogP contribution is 2.41. The molecule has 1 aromatic carbocycles. The Bertz CT molecular complexity index is 1160. The summed E-state index contributed by atoms with van der Waals surface area (Å²) in [7, 11) is 0. The molecule has 1 fully saturated rings. The van der Waals surface area contributed by atoms with Crippen LogP contribution in [0.25, 0.3) is 11.4 Å². The van der Waals surface area contributed by atoms with Crippen LogP contribution in [0.2, 0.25) is 0 Å². The van der Waals surface area contributed by atoms with Crippen molar-refractivity contribution in [2.75, 3.05) is 5.75 Å². The summed E-state index contributed by atoms with van der Waals surface area (Å²) < 4.78 is 7.65. The first-order chi connectivity index (χ1) is 15.8. The van der Waals surface area contributed by atoms with Crippen LogP contribution in [0.5, 0.6) is 0 Å². The van der Waals surface area contributed by atoms with Crippen LogP contribution in [-0.4, -0.2) is 36.3 Å². The maximum atomic E-state index is 13.2. The van der Waals surface area contributed by atoms with E-state index in [-0.39, 0.29) is 11.7 Å². The summed E-state index contributed by atoms with van der Waals surface area (Å²) in [5, 5.41) is 9.59. The molecule has 0 spiro atoms. The van der Waals surface area contributed by atoms with Gasteiger partial charge in [-0.1, -0.05) is 42.1 Å². The van der Waals surface area contributed by atoms with Gasteiger partial charge in [0.25, 0.3) is 0 Å². The zero-order chi connectivity index (χ0) is 21.8. The molecule has 0 bridgehead atoms. The molecular weight excluding hydrogens is 422 g/mol. The van der Waals surface area contributed by atoms with E-state index in [0.717, 1.165) is 40.7 Å². The summed E-state index contributed by atoms with van der Waals surface area (Å²) in [5.74, 6) is 1.89. The average Bonchev–Trinajstić information content (AvgIpc) is 3.37. The molecule has 0 atom stereocenters. The SMILES string of the molecule is O=C(CSc1nnc(-c2cccnc2)n1C1CC1)N(Cc1ccccc1)Cc1ccco1. The van der Waals surface area contributed by atoms with E-state index in [9.17, 15) is 4.79 Å². The minimum absolute atomic E-state index is 0.0310. The van der Waals surface area contributed by atoms with Crippen LogP contribution in [0.4, 0.5) is 0 Å². The zero-order valence-corrected chi connectivity index (χ0v) is 18.3. The number of furan rings is 1. The average molecular weight is 446 g/mol. The van der Waals surface area contributed by atoms with Crippen molar-refractivity contribution in [2.45, 2.75) is 37.1 Å². The number of amides is 1. The molecule has 0 unspecified atom stereocenters. The van der Waals surface area contributed by atoms with E-state index in [1.54, 1.807) is 18.7 Å². The molecule has 1 aliphatic rings. The number of thioether (sulfide) groups is 1. The lowest BCUT2D eigenvalue weighted by Gasteiger charge is -2.22. The van der Waals surface area contributed by atoms with Gasteiger partial charge in [0, 0.05) is 30.5 Å². The number of aromatic nitrogens is 4. The fourth-order valence-corrected chi connectivity index (χ4v) is 4.48. The van der Waals surface area contributed by atoms with Gasteiger partial charge in [-0.05, 0) is 42.7 Å². The summed E-state index contributed by atoms with van der Waals surface area (Å²) in [6.07, 6.45) is 7.38. The van der Waals surface area contributed by atoms with Crippen molar-refractivity contribution < 1.29 is 9.21 Å². The highest BCUT2D eigenvalue weighted by atomic mass is 32.2. The van der Waals surface area contributed by atoms with Crippen molar-refractivity contribution in [3.8, 4) is 11.4 Å². The smallest absolute Gasteiger partial charge is 0.233 e.